The summed E-state index contributed by atoms with van der Waals surface area (Å²) in [5.41, 5.74) is 3.82. The summed E-state index contributed by atoms with van der Waals surface area (Å²) in [7, 11) is 1.46. The first kappa shape index (κ1) is 22.8. The highest BCUT2D eigenvalue weighted by atomic mass is 16.5. The van der Waals surface area contributed by atoms with E-state index in [1.54, 1.807) is 0 Å². The number of nitrogens with one attached hydrogen (secondary N) is 1. The zero-order valence-corrected chi connectivity index (χ0v) is 19.6. The van der Waals surface area contributed by atoms with Crippen LogP contribution in [-0.4, -0.2) is 53.6 Å². The molecule has 1 amide bonds. The molecule has 174 valence electrons. The number of H-pyrrole nitrogens is 1. The minimum atomic E-state index is -0.262. The first-order valence-electron chi connectivity index (χ1n) is 12.1. The van der Waals surface area contributed by atoms with Crippen molar-refractivity contribution in [2.75, 3.05) is 20.3 Å². The molecule has 1 N–H and O–H groups in total. The Hall–Kier alpha value is -2.34. The van der Waals surface area contributed by atoms with Gasteiger partial charge in [0.15, 0.2) is 0 Å². The number of hydrogen-bond donors (Lipinski definition) is 1. The van der Waals surface area contributed by atoms with E-state index in [9.17, 15) is 4.79 Å². The third-order valence-electron chi connectivity index (χ3n) is 7.33. The second-order valence-corrected chi connectivity index (χ2v) is 9.59. The molecule has 1 aromatic heterocycles. The number of carbonyl (C=O) groups excluding carboxylic acids is 1. The standard InChI is InChI=1S/C26H37N3O3/c1-18(2)23-16-27-28-25(23)22-10-7-15-29(26(30)31-3)24(22)17-32-21-13-11-20(12-14-21)19-8-5-4-6-9-19/h4-6,8-9,16,18,20-22,24H,7,10-15,17H2,1-3H3,(H,27,28)/t20?,21?,22-,24-/m0/s1. The number of hydrogen-bond acceptors (Lipinski definition) is 4. The molecule has 0 radical (unpaired) electrons. The highest BCUT2D eigenvalue weighted by molar-refractivity contribution is 5.68. The van der Waals surface area contributed by atoms with Crippen molar-refractivity contribution in [3.8, 4) is 0 Å². The maximum absolute atomic E-state index is 12.6. The SMILES string of the molecule is COC(=O)N1CCC[C@H](c2[nH]ncc2C(C)C)[C@@H]1COC1CCC(c2ccccc2)CC1. The molecule has 0 spiro atoms. The number of methoxy groups -OCH3 is 1. The lowest BCUT2D eigenvalue weighted by atomic mass is 9.82. The number of carbonyl (C=O) groups is 1. The van der Waals surface area contributed by atoms with E-state index in [4.69, 9.17) is 9.47 Å². The quantitative estimate of drug-likeness (QED) is 0.637. The molecule has 2 fully saturated rings. The Morgan fingerprint density at radius 2 is 1.91 bits per heavy atom. The number of nitrogens with zero attached hydrogens (tertiary/aromatic N) is 2. The lowest BCUT2D eigenvalue weighted by Crippen LogP contribution is -2.50. The predicted molar refractivity (Wildman–Crippen MR) is 125 cm³/mol. The van der Waals surface area contributed by atoms with Gasteiger partial charge in [-0.3, -0.25) is 5.10 Å². The van der Waals surface area contributed by atoms with E-state index < -0.39 is 0 Å². The normalized spacial score (nSPS) is 26.3. The van der Waals surface area contributed by atoms with Crippen molar-refractivity contribution < 1.29 is 14.3 Å². The van der Waals surface area contributed by atoms with Gasteiger partial charge < -0.3 is 14.4 Å². The minimum absolute atomic E-state index is 0.0407. The molecule has 32 heavy (non-hydrogen) atoms. The van der Waals surface area contributed by atoms with Gasteiger partial charge in [0.1, 0.15) is 0 Å². The minimum Gasteiger partial charge on any atom is -0.453 e. The molecular weight excluding hydrogens is 402 g/mol. The topological polar surface area (TPSA) is 67.5 Å². The largest absolute Gasteiger partial charge is 0.453 e. The van der Waals surface area contributed by atoms with Gasteiger partial charge in [-0.1, -0.05) is 44.2 Å². The van der Waals surface area contributed by atoms with Gasteiger partial charge in [-0.2, -0.15) is 5.10 Å². The van der Waals surface area contributed by atoms with Gasteiger partial charge in [0.2, 0.25) is 0 Å². The number of rotatable bonds is 6. The van der Waals surface area contributed by atoms with Crippen LogP contribution in [0.1, 0.15) is 86.9 Å². The summed E-state index contributed by atoms with van der Waals surface area (Å²) in [5.74, 6) is 1.19. The van der Waals surface area contributed by atoms with Gasteiger partial charge in [-0.05, 0) is 61.5 Å². The van der Waals surface area contributed by atoms with E-state index in [1.807, 2.05) is 11.1 Å². The van der Waals surface area contributed by atoms with Gasteiger partial charge in [-0.15, -0.1) is 0 Å². The van der Waals surface area contributed by atoms with E-state index in [0.29, 0.717) is 25.0 Å². The summed E-state index contributed by atoms with van der Waals surface area (Å²) in [6.45, 7) is 5.62. The van der Waals surface area contributed by atoms with Crippen molar-refractivity contribution in [2.45, 2.75) is 82.3 Å². The highest BCUT2D eigenvalue weighted by Crippen LogP contribution is 2.38. The lowest BCUT2D eigenvalue weighted by molar-refractivity contribution is -0.0243. The van der Waals surface area contributed by atoms with Crippen LogP contribution in [0.4, 0.5) is 4.79 Å². The number of benzene rings is 1. The van der Waals surface area contributed by atoms with Crippen molar-refractivity contribution in [3.63, 3.8) is 0 Å². The second kappa shape index (κ2) is 10.5. The molecule has 6 heteroatoms. The monoisotopic (exact) mass is 439 g/mol. The fourth-order valence-electron chi connectivity index (χ4n) is 5.53. The Morgan fingerprint density at radius 1 is 1.16 bits per heavy atom. The molecular formula is C26H37N3O3. The molecule has 2 aromatic rings. The van der Waals surface area contributed by atoms with Crippen LogP contribution < -0.4 is 0 Å². The highest BCUT2D eigenvalue weighted by Gasteiger charge is 2.38. The molecule has 1 saturated heterocycles. The zero-order valence-electron chi connectivity index (χ0n) is 19.6. The fourth-order valence-corrected chi connectivity index (χ4v) is 5.53. The van der Waals surface area contributed by atoms with Crippen molar-refractivity contribution in [1.82, 2.24) is 15.1 Å². The zero-order chi connectivity index (χ0) is 22.5. The number of likely N-dealkylation sites (tertiary alicyclic amines) is 1. The second-order valence-electron chi connectivity index (χ2n) is 9.59. The van der Waals surface area contributed by atoms with Gasteiger partial charge in [-0.25, -0.2) is 4.79 Å². The van der Waals surface area contributed by atoms with Gasteiger partial charge in [0.25, 0.3) is 0 Å². The first-order chi connectivity index (χ1) is 15.6. The maximum atomic E-state index is 12.6. The summed E-state index contributed by atoms with van der Waals surface area (Å²) in [5, 5.41) is 7.57. The Bertz CT molecular complexity index is 858. The number of amides is 1. The third kappa shape index (κ3) is 5.01. The first-order valence-corrected chi connectivity index (χ1v) is 12.1. The van der Waals surface area contributed by atoms with Gasteiger partial charge in [0, 0.05) is 18.2 Å². The summed E-state index contributed by atoms with van der Waals surface area (Å²) in [6, 6.07) is 10.8. The van der Waals surface area contributed by atoms with Crippen LogP contribution in [0.3, 0.4) is 0 Å². The van der Waals surface area contributed by atoms with Crippen LogP contribution >= 0.6 is 0 Å². The lowest BCUT2D eigenvalue weighted by Gasteiger charge is -2.41. The molecule has 1 aliphatic heterocycles. The molecule has 6 nitrogen and oxygen atoms in total. The number of aromatic amines is 1. The number of piperidine rings is 1. The van der Waals surface area contributed by atoms with Crippen LogP contribution in [0.2, 0.25) is 0 Å². The molecule has 2 heterocycles. The van der Waals surface area contributed by atoms with Gasteiger partial charge in [0.05, 0.1) is 32.1 Å². The number of aromatic nitrogens is 2. The third-order valence-corrected chi connectivity index (χ3v) is 7.33. The molecule has 2 atom stereocenters. The van der Waals surface area contributed by atoms with E-state index in [-0.39, 0.29) is 24.2 Å². The van der Waals surface area contributed by atoms with Gasteiger partial charge >= 0.3 is 6.09 Å². The number of ether oxygens (including phenoxy) is 2. The Balaban J connectivity index is 1.43. The van der Waals surface area contributed by atoms with E-state index in [2.05, 4.69) is 54.4 Å². The average molecular weight is 440 g/mol. The predicted octanol–water partition coefficient (Wildman–Crippen LogP) is 5.59. The van der Waals surface area contributed by atoms with Crippen LogP contribution in [0.5, 0.6) is 0 Å². The van der Waals surface area contributed by atoms with Crippen molar-refractivity contribution in [2.24, 2.45) is 0 Å². The van der Waals surface area contributed by atoms with Crippen LogP contribution in [0.25, 0.3) is 0 Å². The summed E-state index contributed by atoms with van der Waals surface area (Å²) in [6.07, 6.45) is 8.33. The van der Waals surface area contributed by atoms with Crippen molar-refractivity contribution in [1.29, 1.82) is 0 Å². The van der Waals surface area contributed by atoms with Crippen molar-refractivity contribution in [3.05, 3.63) is 53.3 Å². The Kier molecular flexibility index (Phi) is 7.51. The average Bonchev–Trinajstić information content (AvgIpc) is 3.33. The summed E-state index contributed by atoms with van der Waals surface area (Å²) < 4.78 is 11.6. The Labute approximate surface area is 191 Å². The molecule has 1 aromatic carbocycles. The molecule has 0 bridgehead atoms. The smallest absolute Gasteiger partial charge is 0.409 e. The molecule has 1 saturated carbocycles. The van der Waals surface area contributed by atoms with E-state index in [1.165, 1.54) is 18.2 Å². The van der Waals surface area contributed by atoms with Crippen LogP contribution in [-0.2, 0) is 9.47 Å². The Morgan fingerprint density at radius 3 is 2.59 bits per heavy atom. The van der Waals surface area contributed by atoms with Crippen LogP contribution in [0, 0.1) is 0 Å². The molecule has 4 rings (SSSR count). The fraction of sp³-hybridized carbons (Fsp3) is 0.615. The molecule has 1 aliphatic carbocycles. The van der Waals surface area contributed by atoms with Crippen LogP contribution in [0.15, 0.2) is 36.5 Å². The van der Waals surface area contributed by atoms with E-state index >= 15 is 0 Å². The molecule has 2 aliphatic rings. The summed E-state index contributed by atoms with van der Waals surface area (Å²) in [4.78, 5) is 14.5. The summed E-state index contributed by atoms with van der Waals surface area (Å²) >= 11 is 0. The van der Waals surface area contributed by atoms with Crippen molar-refractivity contribution >= 4 is 6.09 Å². The van der Waals surface area contributed by atoms with E-state index in [0.717, 1.165) is 44.2 Å². The molecule has 0 unspecified atom stereocenters. The maximum Gasteiger partial charge on any atom is 0.409 e.